The normalized spacial score (nSPS) is 10.4. The van der Waals surface area contributed by atoms with Gasteiger partial charge < -0.3 is 14.5 Å². The van der Waals surface area contributed by atoms with E-state index >= 15 is 0 Å². The molecule has 0 atom stereocenters. The highest BCUT2D eigenvalue weighted by Gasteiger charge is 2.17. The Morgan fingerprint density at radius 3 is 2.62 bits per heavy atom. The van der Waals surface area contributed by atoms with Crippen LogP contribution in [0.1, 0.15) is 16.2 Å². The van der Waals surface area contributed by atoms with Crippen molar-refractivity contribution in [1.82, 2.24) is 10.2 Å². The number of carbonyl (C=O) groups excluding carboxylic acids is 1. The van der Waals surface area contributed by atoms with Crippen molar-refractivity contribution in [1.29, 1.82) is 0 Å². The summed E-state index contributed by atoms with van der Waals surface area (Å²) < 4.78 is 10.4. The highest BCUT2D eigenvalue weighted by molar-refractivity contribution is 6.02. The quantitative estimate of drug-likeness (QED) is 0.547. The molecule has 0 aliphatic heterocycles. The third-order valence-corrected chi connectivity index (χ3v) is 3.01. The summed E-state index contributed by atoms with van der Waals surface area (Å²) in [6.45, 7) is 1.86. The number of nitrogens with one attached hydrogen (secondary N) is 2. The van der Waals surface area contributed by atoms with Crippen LogP contribution >= 0.6 is 0 Å². The van der Waals surface area contributed by atoms with Crippen LogP contribution in [0.25, 0.3) is 0 Å². The lowest BCUT2D eigenvalue weighted by Crippen LogP contribution is -2.10. The zero-order valence-electron chi connectivity index (χ0n) is 12.5. The smallest absolute Gasteiger partial charge is 0.433 e. The van der Waals surface area contributed by atoms with Crippen molar-refractivity contribution >= 4 is 17.5 Å². The Morgan fingerprint density at radius 2 is 2.04 bits per heavy atom. The number of carbonyl (C=O) groups is 1. The molecule has 9 heteroatoms. The van der Waals surface area contributed by atoms with Crippen LogP contribution in [0.15, 0.2) is 46.9 Å². The van der Waals surface area contributed by atoms with E-state index in [1.165, 1.54) is 6.07 Å². The highest BCUT2D eigenvalue weighted by atomic mass is 16.6. The molecule has 3 aromatic rings. The number of nitro groups is 1. The number of hydrogen-bond donors (Lipinski definition) is 2. The fourth-order valence-electron chi connectivity index (χ4n) is 1.91. The standard InChI is InChI=1S/C15H12N4O5/c1-9-8-13(18-17-9)23-11-4-2-10(3-5-11)16-15(20)12-6-7-14(24-12)19(21)22/h2-8H,1H3,(H,16,20)(H,17,18). The number of amides is 1. The Kier molecular flexibility index (Phi) is 3.98. The van der Waals surface area contributed by atoms with Gasteiger partial charge in [-0.2, -0.15) is 0 Å². The number of aromatic amines is 1. The van der Waals surface area contributed by atoms with E-state index in [1.54, 1.807) is 30.3 Å². The fraction of sp³-hybridized carbons (Fsp3) is 0.0667. The third-order valence-electron chi connectivity index (χ3n) is 3.01. The molecule has 2 heterocycles. The predicted octanol–water partition coefficient (Wildman–Crippen LogP) is 3.26. The zero-order chi connectivity index (χ0) is 17.1. The Balaban J connectivity index is 1.64. The minimum absolute atomic E-state index is 0.144. The second kappa shape index (κ2) is 6.24. The third kappa shape index (κ3) is 3.40. The van der Waals surface area contributed by atoms with Gasteiger partial charge in [0.05, 0.1) is 6.07 Å². The van der Waals surface area contributed by atoms with Crippen molar-refractivity contribution < 1.29 is 18.9 Å². The van der Waals surface area contributed by atoms with Crippen LogP contribution in [0.5, 0.6) is 11.6 Å². The molecule has 0 saturated carbocycles. The molecule has 1 amide bonds. The van der Waals surface area contributed by atoms with Crippen molar-refractivity contribution in [2.75, 3.05) is 5.32 Å². The van der Waals surface area contributed by atoms with Crippen molar-refractivity contribution in [2.24, 2.45) is 0 Å². The van der Waals surface area contributed by atoms with Crippen molar-refractivity contribution in [2.45, 2.75) is 6.92 Å². The van der Waals surface area contributed by atoms with Crippen LogP contribution in [-0.4, -0.2) is 21.0 Å². The molecule has 24 heavy (non-hydrogen) atoms. The number of nitrogens with zero attached hydrogens (tertiary/aromatic N) is 2. The van der Waals surface area contributed by atoms with Crippen molar-refractivity contribution in [3.63, 3.8) is 0 Å². The molecule has 0 spiro atoms. The molecule has 0 bridgehead atoms. The fourth-order valence-corrected chi connectivity index (χ4v) is 1.91. The van der Waals surface area contributed by atoms with Crippen molar-refractivity contribution in [3.05, 3.63) is 64.0 Å². The summed E-state index contributed by atoms with van der Waals surface area (Å²) in [5, 5.41) is 19.8. The SMILES string of the molecule is Cc1cc(Oc2ccc(NC(=O)c3ccc([N+](=O)[O-])o3)cc2)n[nH]1. The number of anilines is 1. The van der Waals surface area contributed by atoms with Gasteiger partial charge >= 0.3 is 5.88 Å². The van der Waals surface area contributed by atoms with E-state index in [0.29, 0.717) is 17.3 Å². The second-order valence-electron chi connectivity index (χ2n) is 4.86. The first-order chi connectivity index (χ1) is 11.5. The predicted molar refractivity (Wildman–Crippen MR) is 83.2 cm³/mol. The Bertz CT molecular complexity index is 881. The zero-order valence-corrected chi connectivity index (χ0v) is 12.5. The molecule has 0 unspecified atom stereocenters. The molecule has 0 aliphatic carbocycles. The Hall–Kier alpha value is -3.62. The molecule has 2 N–H and O–H groups in total. The largest absolute Gasteiger partial charge is 0.438 e. The van der Waals surface area contributed by atoms with Gasteiger partial charge in [0.2, 0.25) is 5.88 Å². The summed E-state index contributed by atoms with van der Waals surface area (Å²) in [6.07, 6.45) is 0. The van der Waals surface area contributed by atoms with Crippen LogP contribution < -0.4 is 10.1 Å². The second-order valence-corrected chi connectivity index (χ2v) is 4.86. The number of rotatable bonds is 5. The van der Waals surface area contributed by atoms with E-state index < -0.39 is 16.7 Å². The summed E-state index contributed by atoms with van der Waals surface area (Å²) in [5.41, 5.74) is 1.37. The first-order valence-electron chi connectivity index (χ1n) is 6.87. The van der Waals surface area contributed by atoms with Gasteiger partial charge in [0.15, 0.2) is 5.76 Å². The van der Waals surface area contributed by atoms with Crippen LogP contribution in [0.4, 0.5) is 11.6 Å². The minimum atomic E-state index is -0.709. The van der Waals surface area contributed by atoms with E-state index in [0.717, 1.165) is 11.8 Å². The van der Waals surface area contributed by atoms with Gasteiger partial charge in [0.1, 0.15) is 10.7 Å². The van der Waals surface area contributed by atoms with Gasteiger partial charge in [-0.25, -0.2) is 0 Å². The lowest BCUT2D eigenvalue weighted by molar-refractivity contribution is -0.402. The maximum Gasteiger partial charge on any atom is 0.433 e. The van der Waals surface area contributed by atoms with Gasteiger partial charge in [-0.15, -0.1) is 5.10 Å². The van der Waals surface area contributed by atoms with Gasteiger partial charge in [-0.3, -0.25) is 20.0 Å². The van der Waals surface area contributed by atoms with E-state index in [9.17, 15) is 14.9 Å². The van der Waals surface area contributed by atoms with E-state index in [4.69, 9.17) is 9.15 Å². The molecule has 0 saturated heterocycles. The molecule has 3 rings (SSSR count). The molecule has 1 aromatic carbocycles. The molecule has 9 nitrogen and oxygen atoms in total. The average molecular weight is 328 g/mol. The van der Waals surface area contributed by atoms with Gasteiger partial charge in [-0.05, 0) is 37.3 Å². The number of benzene rings is 1. The Morgan fingerprint density at radius 1 is 1.29 bits per heavy atom. The summed E-state index contributed by atoms with van der Waals surface area (Å²) in [7, 11) is 0. The van der Waals surface area contributed by atoms with E-state index in [1.807, 2.05) is 6.92 Å². The minimum Gasteiger partial charge on any atom is -0.438 e. The average Bonchev–Trinajstić information content (AvgIpc) is 3.18. The molecular formula is C15H12N4O5. The number of hydrogen-bond acceptors (Lipinski definition) is 6. The van der Waals surface area contributed by atoms with Crippen LogP contribution in [0, 0.1) is 17.0 Å². The lowest BCUT2D eigenvalue weighted by Gasteiger charge is -2.05. The topological polar surface area (TPSA) is 123 Å². The number of ether oxygens (including phenoxy) is 1. The number of aromatic nitrogens is 2. The van der Waals surface area contributed by atoms with Crippen LogP contribution in [0.2, 0.25) is 0 Å². The lowest BCUT2D eigenvalue weighted by atomic mass is 10.3. The number of furan rings is 1. The van der Waals surface area contributed by atoms with Crippen molar-refractivity contribution in [3.8, 4) is 11.6 Å². The molecule has 122 valence electrons. The van der Waals surface area contributed by atoms with Gasteiger partial charge in [-0.1, -0.05) is 0 Å². The summed E-state index contributed by atoms with van der Waals surface area (Å²) in [6, 6.07) is 10.7. The summed E-state index contributed by atoms with van der Waals surface area (Å²) in [4.78, 5) is 21.8. The van der Waals surface area contributed by atoms with E-state index in [2.05, 4.69) is 15.5 Å². The maximum atomic E-state index is 12.0. The molecule has 2 aromatic heterocycles. The first-order valence-corrected chi connectivity index (χ1v) is 6.87. The van der Waals surface area contributed by atoms with E-state index in [-0.39, 0.29) is 5.76 Å². The van der Waals surface area contributed by atoms with Gasteiger partial charge in [0.25, 0.3) is 5.91 Å². The molecule has 0 aliphatic rings. The monoisotopic (exact) mass is 328 g/mol. The van der Waals surface area contributed by atoms with Gasteiger partial charge in [0, 0.05) is 17.4 Å². The summed E-state index contributed by atoms with van der Waals surface area (Å²) >= 11 is 0. The maximum absolute atomic E-state index is 12.0. The molecule has 0 fully saturated rings. The highest BCUT2D eigenvalue weighted by Crippen LogP contribution is 2.22. The molecular weight excluding hydrogens is 316 g/mol. The first kappa shape index (κ1) is 15.3. The van der Waals surface area contributed by atoms with Crippen LogP contribution in [-0.2, 0) is 0 Å². The molecule has 0 radical (unpaired) electrons. The van der Waals surface area contributed by atoms with Crippen LogP contribution in [0.3, 0.4) is 0 Å². The Labute approximate surface area is 135 Å². The number of aryl methyl sites for hydroxylation is 1. The number of H-pyrrole nitrogens is 1. The summed E-state index contributed by atoms with van der Waals surface area (Å²) in [5.74, 6) is -0.229.